The molecular formula is C11H10ClF3N2. The summed E-state index contributed by atoms with van der Waals surface area (Å²) in [5, 5.41) is 0.0996. The van der Waals surface area contributed by atoms with E-state index in [-0.39, 0.29) is 11.6 Å². The van der Waals surface area contributed by atoms with Crippen molar-refractivity contribution in [1.29, 1.82) is 0 Å². The van der Waals surface area contributed by atoms with Crippen molar-refractivity contribution in [2.24, 2.45) is 12.8 Å². The quantitative estimate of drug-likeness (QED) is 0.840. The Bertz CT molecular complexity index is 572. The molecule has 0 saturated heterocycles. The van der Waals surface area contributed by atoms with Crippen LogP contribution in [0.25, 0.3) is 10.9 Å². The Balaban J connectivity index is 2.90. The van der Waals surface area contributed by atoms with Gasteiger partial charge < -0.3 is 10.3 Å². The maximum absolute atomic E-state index is 12.8. The van der Waals surface area contributed by atoms with Gasteiger partial charge in [0.15, 0.2) is 0 Å². The Kier molecular flexibility index (Phi) is 2.83. The SMILES string of the molecule is Cn1c(C(F)(F)F)c(Cl)c2c(CN)cccc21. The third-order valence-corrected chi connectivity index (χ3v) is 3.11. The number of halogens is 4. The predicted molar refractivity (Wildman–Crippen MR) is 60.8 cm³/mol. The van der Waals surface area contributed by atoms with Gasteiger partial charge in [-0.05, 0) is 11.6 Å². The molecule has 0 aliphatic heterocycles. The van der Waals surface area contributed by atoms with Crippen LogP contribution in [0.3, 0.4) is 0 Å². The highest BCUT2D eigenvalue weighted by atomic mass is 35.5. The monoisotopic (exact) mass is 262 g/mol. The number of fused-ring (bicyclic) bond motifs is 1. The molecule has 0 amide bonds. The van der Waals surface area contributed by atoms with Crippen LogP contribution < -0.4 is 5.73 Å². The van der Waals surface area contributed by atoms with Crippen molar-refractivity contribution in [2.75, 3.05) is 0 Å². The number of nitrogens with two attached hydrogens (primary N) is 1. The summed E-state index contributed by atoms with van der Waals surface area (Å²) >= 11 is 5.83. The molecule has 0 bridgehead atoms. The molecule has 2 aromatic rings. The summed E-state index contributed by atoms with van der Waals surface area (Å²) in [4.78, 5) is 0. The summed E-state index contributed by atoms with van der Waals surface area (Å²) < 4.78 is 39.6. The smallest absolute Gasteiger partial charge is 0.339 e. The first-order chi connectivity index (χ1) is 7.88. The van der Waals surface area contributed by atoms with Crippen molar-refractivity contribution in [3.8, 4) is 0 Å². The van der Waals surface area contributed by atoms with Gasteiger partial charge in [0.25, 0.3) is 0 Å². The molecule has 0 atom stereocenters. The fourth-order valence-electron chi connectivity index (χ4n) is 1.99. The Morgan fingerprint density at radius 1 is 1.35 bits per heavy atom. The van der Waals surface area contributed by atoms with Crippen molar-refractivity contribution >= 4 is 22.5 Å². The number of nitrogens with zero attached hydrogens (tertiary/aromatic N) is 1. The number of hydrogen-bond donors (Lipinski definition) is 1. The highest BCUT2D eigenvalue weighted by Crippen LogP contribution is 2.41. The van der Waals surface area contributed by atoms with Gasteiger partial charge in [0.05, 0.1) is 10.5 Å². The van der Waals surface area contributed by atoms with E-state index < -0.39 is 11.9 Å². The zero-order valence-electron chi connectivity index (χ0n) is 8.98. The number of aryl methyl sites for hydroxylation is 1. The minimum atomic E-state index is -4.48. The Morgan fingerprint density at radius 3 is 2.53 bits per heavy atom. The van der Waals surface area contributed by atoms with Crippen molar-refractivity contribution in [1.82, 2.24) is 4.57 Å². The molecule has 0 fully saturated rings. The second kappa shape index (κ2) is 3.92. The van der Waals surface area contributed by atoms with E-state index in [4.69, 9.17) is 17.3 Å². The first-order valence-electron chi connectivity index (χ1n) is 4.91. The summed E-state index contributed by atoms with van der Waals surface area (Å²) in [5.41, 5.74) is 5.71. The van der Waals surface area contributed by atoms with Crippen LogP contribution >= 0.6 is 11.6 Å². The van der Waals surface area contributed by atoms with E-state index >= 15 is 0 Å². The normalized spacial score (nSPS) is 12.4. The highest BCUT2D eigenvalue weighted by Gasteiger charge is 2.38. The fourth-order valence-corrected chi connectivity index (χ4v) is 2.44. The first-order valence-corrected chi connectivity index (χ1v) is 5.28. The molecule has 0 radical (unpaired) electrons. The van der Waals surface area contributed by atoms with Crippen LogP contribution in [0.2, 0.25) is 5.02 Å². The summed E-state index contributed by atoms with van der Waals surface area (Å²) in [5.74, 6) is 0. The van der Waals surface area contributed by atoms with Crippen molar-refractivity contribution in [2.45, 2.75) is 12.7 Å². The fraction of sp³-hybridized carbons (Fsp3) is 0.273. The summed E-state index contributed by atoms with van der Waals surface area (Å²) in [6, 6.07) is 4.94. The van der Waals surface area contributed by atoms with Gasteiger partial charge in [-0.3, -0.25) is 0 Å². The van der Waals surface area contributed by atoms with Crippen LogP contribution in [0.4, 0.5) is 13.2 Å². The lowest BCUT2D eigenvalue weighted by atomic mass is 10.1. The maximum atomic E-state index is 12.8. The zero-order valence-corrected chi connectivity index (χ0v) is 9.73. The molecule has 1 heterocycles. The van der Waals surface area contributed by atoms with Gasteiger partial charge >= 0.3 is 6.18 Å². The summed E-state index contributed by atoms with van der Waals surface area (Å²) in [6.07, 6.45) is -4.48. The van der Waals surface area contributed by atoms with Crippen LogP contribution in [0.15, 0.2) is 18.2 Å². The molecule has 1 aromatic carbocycles. The molecule has 2 N–H and O–H groups in total. The van der Waals surface area contributed by atoms with E-state index in [1.54, 1.807) is 18.2 Å². The van der Waals surface area contributed by atoms with E-state index in [9.17, 15) is 13.2 Å². The van der Waals surface area contributed by atoms with Crippen molar-refractivity contribution in [3.63, 3.8) is 0 Å². The van der Waals surface area contributed by atoms with E-state index in [1.165, 1.54) is 7.05 Å². The third kappa shape index (κ3) is 1.79. The van der Waals surface area contributed by atoms with E-state index in [0.717, 1.165) is 4.57 Å². The van der Waals surface area contributed by atoms with Crippen LogP contribution in [0, 0.1) is 0 Å². The lowest BCUT2D eigenvalue weighted by Crippen LogP contribution is -2.11. The molecule has 2 nitrogen and oxygen atoms in total. The molecule has 0 aliphatic rings. The lowest BCUT2D eigenvalue weighted by molar-refractivity contribution is -0.142. The summed E-state index contributed by atoms with van der Waals surface area (Å²) in [6.45, 7) is 0.151. The number of hydrogen-bond acceptors (Lipinski definition) is 1. The molecule has 2 rings (SSSR count). The average molecular weight is 263 g/mol. The predicted octanol–water partition coefficient (Wildman–Crippen LogP) is 3.31. The highest BCUT2D eigenvalue weighted by molar-refractivity contribution is 6.36. The summed E-state index contributed by atoms with van der Waals surface area (Å²) in [7, 11) is 1.34. The molecule has 17 heavy (non-hydrogen) atoms. The Morgan fingerprint density at radius 2 is 2.00 bits per heavy atom. The van der Waals surface area contributed by atoms with Gasteiger partial charge in [-0.1, -0.05) is 23.7 Å². The number of aromatic nitrogens is 1. The van der Waals surface area contributed by atoms with E-state index in [2.05, 4.69) is 0 Å². The van der Waals surface area contributed by atoms with Gasteiger partial charge in [0, 0.05) is 19.0 Å². The lowest BCUT2D eigenvalue weighted by Gasteiger charge is -2.08. The largest absolute Gasteiger partial charge is 0.432 e. The van der Waals surface area contributed by atoms with Gasteiger partial charge in [0.1, 0.15) is 5.69 Å². The van der Waals surface area contributed by atoms with Crippen LogP contribution in [0.5, 0.6) is 0 Å². The minimum absolute atomic E-state index is 0.151. The van der Waals surface area contributed by atoms with E-state index in [1.807, 2.05) is 0 Å². The van der Waals surface area contributed by atoms with Crippen molar-refractivity contribution in [3.05, 3.63) is 34.5 Å². The topological polar surface area (TPSA) is 30.9 Å². The second-order valence-electron chi connectivity index (χ2n) is 3.73. The van der Waals surface area contributed by atoms with Crippen LogP contribution in [-0.4, -0.2) is 4.57 Å². The molecule has 0 spiro atoms. The number of alkyl halides is 3. The average Bonchev–Trinajstić information content (AvgIpc) is 2.51. The van der Waals surface area contributed by atoms with Crippen LogP contribution in [-0.2, 0) is 19.8 Å². The van der Waals surface area contributed by atoms with Crippen molar-refractivity contribution < 1.29 is 13.2 Å². The molecule has 92 valence electrons. The Hall–Kier alpha value is -1.20. The maximum Gasteiger partial charge on any atom is 0.432 e. The standard InChI is InChI=1S/C11H10ClF3N2/c1-17-7-4-2-3-6(5-16)8(7)9(12)10(17)11(13,14)15/h2-4H,5,16H2,1H3. The Labute approximate surface area is 101 Å². The number of rotatable bonds is 1. The molecular weight excluding hydrogens is 253 g/mol. The second-order valence-corrected chi connectivity index (χ2v) is 4.11. The number of benzene rings is 1. The molecule has 0 unspecified atom stereocenters. The van der Waals surface area contributed by atoms with Gasteiger partial charge in [-0.2, -0.15) is 13.2 Å². The molecule has 0 aliphatic carbocycles. The third-order valence-electron chi connectivity index (χ3n) is 2.74. The van der Waals surface area contributed by atoms with Gasteiger partial charge in [0.2, 0.25) is 0 Å². The first kappa shape index (κ1) is 12.3. The van der Waals surface area contributed by atoms with E-state index in [0.29, 0.717) is 16.5 Å². The van der Waals surface area contributed by atoms with Gasteiger partial charge in [-0.15, -0.1) is 0 Å². The van der Waals surface area contributed by atoms with Gasteiger partial charge in [-0.25, -0.2) is 0 Å². The zero-order chi connectivity index (χ0) is 12.8. The minimum Gasteiger partial charge on any atom is -0.339 e. The molecule has 6 heteroatoms. The van der Waals surface area contributed by atoms with Crippen LogP contribution in [0.1, 0.15) is 11.3 Å². The molecule has 1 aromatic heterocycles. The molecule has 0 saturated carbocycles.